The van der Waals surface area contributed by atoms with Crippen LogP contribution >= 0.6 is 0 Å². The molecule has 1 atom stereocenters. The van der Waals surface area contributed by atoms with E-state index in [0.29, 0.717) is 11.7 Å². The Kier molecular flexibility index (Phi) is 3.35. The maximum atomic E-state index is 9.64. The minimum absolute atomic E-state index is 0.445. The van der Waals surface area contributed by atoms with E-state index < -0.39 is 0 Å². The van der Waals surface area contributed by atoms with Gasteiger partial charge in [-0.15, -0.1) is 0 Å². The summed E-state index contributed by atoms with van der Waals surface area (Å²) in [7, 11) is 0. The van der Waals surface area contributed by atoms with Gasteiger partial charge in [0.1, 0.15) is 5.75 Å². The summed E-state index contributed by atoms with van der Waals surface area (Å²) in [4.78, 5) is 0. The fourth-order valence-corrected chi connectivity index (χ4v) is 1.42. The molecule has 0 aromatic heterocycles. The van der Waals surface area contributed by atoms with Gasteiger partial charge in [0.05, 0.1) is 0 Å². The summed E-state index contributed by atoms with van der Waals surface area (Å²) in [5.74, 6) is 0.983. The number of benzene rings is 1. The summed E-state index contributed by atoms with van der Waals surface area (Å²) in [6, 6.07) is 6.04. The zero-order chi connectivity index (χ0) is 9.84. The van der Waals surface area contributed by atoms with Crippen LogP contribution in [0, 0.1) is 0 Å². The van der Waals surface area contributed by atoms with Crippen LogP contribution in [0.25, 0.3) is 0 Å². The topological polar surface area (TPSA) is 20.2 Å². The van der Waals surface area contributed by atoms with Gasteiger partial charge in [0.15, 0.2) is 0 Å². The molecule has 1 nitrogen and oxygen atoms in total. The van der Waals surface area contributed by atoms with Gasteiger partial charge in [-0.3, -0.25) is 0 Å². The van der Waals surface area contributed by atoms with Gasteiger partial charge in [0, 0.05) is 0 Å². The Hall–Kier alpha value is -0.980. The third-order valence-electron chi connectivity index (χ3n) is 2.67. The summed E-state index contributed by atoms with van der Waals surface area (Å²) in [6.07, 6.45) is 2.01. The van der Waals surface area contributed by atoms with Crippen molar-refractivity contribution in [2.75, 3.05) is 0 Å². The zero-order valence-corrected chi connectivity index (χ0v) is 8.67. The van der Waals surface area contributed by atoms with Gasteiger partial charge in [0.25, 0.3) is 0 Å². The number of rotatable bonds is 3. The number of phenols is 1. The predicted octanol–water partition coefficient (Wildman–Crippen LogP) is 3.47. The molecular weight excluding hydrogens is 160 g/mol. The minimum Gasteiger partial charge on any atom is -0.508 e. The predicted molar refractivity (Wildman–Crippen MR) is 56.2 cm³/mol. The molecule has 0 bridgehead atoms. The van der Waals surface area contributed by atoms with Crippen LogP contribution in [-0.2, 0) is 6.42 Å². The first-order valence-corrected chi connectivity index (χ1v) is 5.00. The van der Waals surface area contributed by atoms with Crippen molar-refractivity contribution in [3.63, 3.8) is 0 Å². The van der Waals surface area contributed by atoms with E-state index in [0.717, 1.165) is 18.4 Å². The Morgan fingerprint density at radius 3 is 2.46 bits per heavy atom. The van der Waals surface area contributed by atoms with E-state index in [9.17, 15) is 5.11 Å². The molecule has 0 saturated carbocycles. The van der Waals surface area contributed by atoms with Crippen molar-refractivity contribution in [3.8, 4) is 5.75 Å². The monoisotopic (exact) mass is 178 g/mol. The summed E-state index contributed by atoms with van der Waals surface area (Å²) in [6.45, 7) is 6.40. The number of aromatic hydroxyl groups is 1. The van der Waals surface area contributed by atoms with Gasteiger partial charge in [-0.2, -0.15) is 0 Å². The average Bonchev–Trinajstić information content (AvgIpc) is 2.16. The van der Waals surface area contributed by atoms with Crippen LogP contribution in [0.5, 0.6) is 5.75 Å². The largest absolute Gasteiger partial charge is 0.508 e. The summed E-state index contributed by atoms with van der Waals surface area (Å²) < 4.78 is 0. The van der Waals surface area contributed by atoms with Crippen molar-refractivity contribution in [2.24, 2.45) is 0 Å². The van der Waals surface area contributed by atoms with E-state index in [2.05, 4.69) is 26.8 Å². The smallest absolute Gasteiger partial charge is 0.119 e. The molecule has 1 heteroatoms. The van der Waals surface area contributed by atoms with Crippen molar-refractivity contribution in [2.45, 2.75) is 39.5 Å². The highest BCUT2D eigenvalue weighted by molar-refractivity contribution is 5.37. The first-order chi connectivity index (χ1) is 6.19. The maximum Gasteiger partial charge on any atom is 0.119 e. The van der Waals surface area contributed by atoms with Crippen molar-refractivity contribution in [3.05, 3.63) is 29.3 Å². The molecule has 0 aliphatic rings. The van der Waals surface area contributed by atoms with Crippen molar-refractivity contribution >= 4 is 0 Å². The minimum atomic E-state index is 0.445. The highest BCUT2D eigenvalue weighted by atomic mass is 16.3. The molecule has 1 aromatic rings. The second kappa shape index (κ2) is 4.31. The normalized spacial score (nSPS) is 12.8. The van der Waals surface area contributed by atoms with Crippen LogP contribution < -0.4 is 0 Å². The molecule has 0 spiro atoms. The lowest BCUT2D eigenvalue weighted by Crippen LogP contribution is -1.92. The van der Waals surface area contributed by atoms with E-state index in [1.807, 2.05) is 12.1 Å². The molecule has 1 rings (SSSR count). The van der Waals surface area contributed by atoms with Crippen LogP contribution in [-0.4, -0.2) is 5.11 Å². The lowest BCUT2D eigenvalue weighted by Gasteiger charge is -2.10. The average molecular weight is 178 g/mol. The Balaban J connectivity index is 2.95. The fraction of sp³-hybridized carbons (Fsp3) is 0.500. The molecule has 0 saturated heterocycles. The van der Waals surface area contributed by atoms with Gasteiger partial charge < -0.3 is 5.11 Å². The first-order valence-electron chi connectivity index (χ1n) is 5.00. The number of phenolic OH excluding ortho intramolecular Hbond substituents is 1. The standard InChI is InChI=1S/C12H18O/c1-4-9(3)11-7-6-10(5-2)12(13)8-11/h6-9,13H,4-5H2,1-3H3. The first kappa shape index (κ1) is 10.1. The molecule has 0 amide bonds. The van der Waals surface area contributed by atoms with Crippen LogP contribution in [0.2, 0.25) is 0 Å². The molecule has 13 heavy (non-hydrogen) atoms. The second-order valence-corrected chi connectivity index (χ2v) is 3.55. The van der Waals surface area contributed by atoms with Gasteiger partial charge in [0.2, 0.25) is 0 Å². The van der Waals surface area contributed by atoms with Gasteiger partial charge in [-0.25, -0.2) is 0 Å². The highest BCUT2D eigenvalue weighted by Crippen LogP contribution is 2.25. The Labute approximate surface area is 80.4 Å². The zero-order valence-electron chi connectivity index (χ0n) is 8.67. The highest BCUT2D eigenvalue weighted by Gasteiger charge is 2.05. The second-order valence-electron chi connectivity index (χ2n) is 3.55. The number of hydrogen-bond acceptors (Lipinski definition) is 1. The Morgan fingerprint density at radius 1 is 1.31 bits per heavy atom. The van der Waals surface area contributed by atoms with E-state index in [-0.39, 0.29) is 0 Å². The lowest BCUT2D eigenvalue weighted by atomic mass is 9.96. The van der Waals surface area contributed by atoms with Gasteiger partial charge in [-0.1, -0.05) is 32.9 Å². The summed E-state index contributed by atoms with van der Waals surface area (Å²) in [5, 5.41) is 9.64. The molecule has 0 heterocycles. The lowest BCUT2D eigenvalue weighted by molar-refractivity contribution is 0.467. The van der Waals surface area contributed by atoms with Crippen LogP contribution in [0.3, 0.4) is 0 Å². The molecule has 1 aromatic carbocycles. The molecule has 72 valence electrons. The van der Waals surface area contributed by atoms with Crippen molar-refractivity contribution in [1.82, 2.24) is 0 Å². The van der Waals surface area contributed by atoms with Crippen LogP contribution in [0.4, 0.5) is 0 Å². The van der Waals surface area contributed by atoms with Gasteiger partial charge in [-0.05, 0) is 36.0 Å². The van der Waals surface area contributed by atoms with Crippen LogP contribution in [0.1, 0.15) is 44.2 Å². The molecular formula is C12H18O. The Bertz CT molecular complexity index is 278. The van der Waals surface area contributed by atoms with E-state index in [1.165, 1.54) is 5.56 Å². The maximum absolute atomic E-state index is 9.64. The molecule has 1 unspecified atom stereocenters. The molecule has 0 radical (unpaired) electrons. The number of hydrogen-bond donors (Lipinski definition) is 1. The van der Waals surface area contributed by atoms with Crippen molar-refractivity contribution < 1.29 is 5.11 Å². The molecule has 1 N–H and O–H groups in total. The molecule has 0 fully saturated rings. The van der Waals surface area contributed by atoms with Crippen molar-refractivity contribution in [1.29, 1.82) is 0 Å². The summed E-state index contributed by atoms with van der Waals surface area (Å²) in [5.41, 5.74) is 2.27. The SMILES string of the molecule is CCc1ccc(C(C)CC)cc1O. The van der Waals surface area contributed by atoms with E-state index in [1.54, 1.807) is 0 Å². The number of aryl methyl sites for hydroxylation is 1. The summed E-state index contributed by atoms with van der Waals surface area (Å²) >= 11 is 0. The third kappa shape index (κ3) is 2.24. The molecule has 0 aliphatic heterocycles. The Morgan fingerprint density at radius 2 is 2.00 bits per heavy atom. The van der Waals surface area contributed by atoms with E-state index in [4.69, 9.17) is 0 Å². The third-order valence-corrected chi connectivity index (χ3v) is 2.67. The van der Waals surface area contributed by atoms with E-state index >= 15 is 0 Å². The van der Waals surface area contributed by atoms with Gasteiger partial charge >= 0.3 is 0 Å². The fourth-order valence-electron chi connectivity index (χ4n) is 1.42. The quantitative estimate of drug-likeness (QED) is 0.751. The van der Waals surface area contributed by atoms with Crippen LogP contribution in [0.15, 0.2) is 18.2 Å². The molecule has 0 aliphatic carbocycles.